The zero-order chi connectivity index (χ0) is 15.2. The molecule has 3 unspecified atom stereocenters. The quantitative estimate of drug-likeness (QED) is 0.740. The summed E-state index contributed by atoms with van der Waals surface area (Å²) in [5.74, 6) is 0.816. The summed E-state index contributed by atoms with van der Waals surface area (Å²) >= 11 is 0. The number of nitrogens with zero attached hydrogens (tertiary/aromatic N) is 1. The van der Waals surface area contributed by atoms with Gasteiger partial charge in [-0.2, -0.15) is 0 Å². The van der Waals surface area contributed by atoms with Gasteiger partial charge in [-0.05, 0) is 59.7 Å². The van der Waals surface area contributed by atoms with Crippen molar-refractivity contribution in [2.24, 2.45) is 5.92 Å². The van der Waals surface area contributed by atoms with Gasteiger partial charge in [-0.15, -0.1) is 0 Å². The lowest BCUT2D eigenvalue weighted by Gasteiger charge is -2.50. The first-order chi connectivity index (χ1) is 9.42. The predicted octanol–water partition coefficient (Wildman–Crippen LogP) is 3.29. The predicted molar refractivity (Wildman–Crippen MR) is 87.2 cm³/mol. The van der Waals surface area contributed by atoms with Crippen molar-refractivity contribution >= 4 is 0 Å². The fourth-order valence-corrected chi connectivity index (χ4v) is 3.61. The summed E-state index contributed by atoms with van der Waals surface area (Å²) in [6, 6.07) is 0.433. The third kappa shape index (κ3) is 4.71. The number of likely N-dealkylation sites (N-methyl/N-ethyl adjacent to an activating group) is 1. The molecule has 0 saturated heterocycles. The van der Waals surface area contributed by atoms with E-state index in [1.807, 2.05) is 0 Å². The highest BCUT2D eigenvalue weighted by Crippen LogP contribution is 2.38. The van der Waals surface area contributed by atoms with Crippen LogP contribution in [-0.2, 0) is 4.74 Å². The highest BCUT2D eigenvalue weighted by Gasteiger charge is 2.43. The molecule has 3 atom stereocenters. The zero-order valence-corrected chi connectivity index (χ0v) is 14.5. The molecule has 120 valence electrons. The average Bonchev–Trinajstić information content (AvgIpc) is 2.38. The number of nitrogens with one attached hydrogen (secondary N) is 1. The highest BCUT2D eigenvalue weighted by atomic mass is 16.5. The highest BCUT2D eigenvalue weighted by molar-refractivity contribution is 5.02. The maximum Gasteiger partial charge on any atom is 0.0641 e. The van der Waals surface area contributed by atoms with Crippen LogP contribution in [0.25, 0.3) is 0 Å². The molecular formula is C17H36N2O. The van der Waals surface area contributed by atoms with E-state index in [1.54, 1.807) is 0 Å². The maximum absolute atomic E-state index is 5.98. The van der Waals surface area contributed by atoms with E-state index in [-0.39, 0.29) is 5.54 Å². The molecule has 0 aromatic heterocycles. The van der Waals surface area contributed by atoms with Crippen molar-refractivity contribution in [2.45, 2.75) is 77.5 Å². The number of hydrogen-bond acceptors (Lipinski definition) is 3. The molecule has 0 radical (unpaired) electrons. The third-order valence-corrected chi connectivity index (χ3v) is 4.78. The van der Waals surface area contributed by atoms with Gasteiger partial charge in [-0.25, -0.2) is 0 Å². The van der Waals surface area contributed by atoms with Crippen LogP contribution in [0.2, 0.25) is 0 Å². The fourth-order valence-electron chi connectivity index (χ4n) is 3.61. The van der Waals surface area contributed by atoms with Gasteiger partial charge in [0.2, 0.25) is 0 Å². The molecule has 0 bridgehead atoms. The van der Waals surface area contributed by atoms with Gasteiger partial charge in [-0.1, -0.05) is 26.7 Å². The molecule has 1 aliphatic carbocycles. The SMILES string of the molecule is CCCNC(COC(C)C)C1(N(C)C)CCCC(C)C1. The Morgan fingerprint density at radius 1 is 1.35 bits per heavy atom. The molecule has 0 aromatic rings. The standard InChI is InChI=1S/C17H36N2O/c1-7-11-18-16(13-20-14(2)3)17(19(5)6)10-8-9-15(4)12-17/h14-16,18H,7-13H2,1-6H3. The maximum atomic E-state index is 5.98. The van der Waals surface area contributed by atoms with Crippen molar-refractivity contribution in [3.05, 3.63) is 0 Å². The minimum atomic E-state index is 0.252. The second kappa shape index (κ2) is 8.35. The van der Waals surface area contributed by atoms with Gasteiger partial charge in [0.05, 0.1) is 12.7 Å². The number of hydrogen-bond donors (Lipinski definition) is 1. The molecule has 0 aliphatic heterocycles. The molecule has 0 aromatic carbocycles. The molecule has 0 heterocycles. The summed E-state index contributed by atoms with van der Waals surface area (Å²) in [6.07, 6.45) is 6.76. The average molecular weight is 284 g/mol. The fraction of sp³-hybridized carbons (Fsp3) is 1.00. The normalized spacial score (nSPS) is 29.1. The van der Waals surface area contributed by atoms with Crippen LogP contribution >= 0.6 is 0 Å². The van der Waals surface area contributed by atoms with Crippen molar-refractivity contribution < 1.29 is 4.74 Å². The second-order valence-corrected chi connectivity index (χ2v) is 7.09. The molecule has 3 heteroatoms. The Bertz CT molecular complexity index is 268. The first kappa shape index (κ1) is 17.9. The van der Waals surface area contributed by atoms with Crippen molar-refractivity contribution in [1.29, 1.82) is 0 Å². The molecule has 1 fully saturated rings. The van der Waals surface area contributed by atoms with Gasteiger partial charge in [0.1, 0.15) is 0 Å². The van der Waals surface area contributed by atoms with Gasteiger partial charge >= 0.3 is 0 Å². The second-order valence-electron chi connectivity index (χ2n) is 7.09. The van der Waals surface area contributed by atoms with Gasteiger partial charge < -0.3 is 15.0 Å². The topological polar surface area (TPSA) is 24.5 Å². The summed E-state index contributed by atoms with van der Waals surface area (Å²) < 4.78 is 5.98. The Balaban J connectivity index is 2.84. The molecule has 1 aliphatic rings. The van der Waals surface area contributed by atoms with E-state index in [2.05, 4.69) is 52.0 Å². The summed E-state index contributed by atoms with van der Waals surface area (Å²) in [5, 5.41) is 3.77. The molecular weight excluding hydrogens is 248 g/mol. The molecule has 1 saturated carbocycles. The number of rotatable bonds is 8. The first-order valence-corrected chi connectivity index (χ1v) is 8.44. The monoisotopic (exact) mass is 284 g/mol. The van der Waals surface area contributed by atoms with Crippen molar-refractivity contribution in [1.82, 2.24) is 10.2 Å². The number of ether oxygens (including phenoxy) is 1. The van der Waals surface area contributed by atoms with E-state index >= 15 is 0 Å². The molecule has 1 N–H and O–H groups in total. The van der Waals surface area contributed by atoms with Crippen LogP contribution in [0.1, 0.15) is 59.8 Å². The molecule has 20 heavy (non-hydrogen) atoms. The first-order valence-electron chi connectivity index (χ1n) is 8.44. The lowest BCUT2D eigenvalue weighted by molar-refractivity contribution is -0.0193. The van der Waals surface area contributed by atoms with Crippen LogP contribution in [0.3, 0.4) is 0 Å². The Labute approximate surface area is 126 Å². The Morgan fingerprint density at radius 2 is 2.05 bits per heavy atom. The molecule has 3 nitrogen and oxygen atoms in total. The van der Waals surface area contributed by atoms with Crippen LogP contribution in [-0.4, -0.2) is 49.8 Å². The van der Waals surface area contributed by atoms with Gasteiger partial charge in [-0.3, -0.25) is 0 Å². The molecule has 0 spiro atoms. The minimum absolute atomic E-state index is 0.252. The van der Waals surface area contributed by atoms with Gasteiger partial charge in [0.15, 0.2) is 0 Å². The smallest absolute Gasteiger partial charge is 0.0641 e. The van der Waals surface area contributed by atoms with Crippen LogP contribution in [0.15, 0.2) is 0 Å². The Kier molecular flexibility index (Phi) is 7.49. The van der Waals surface area contributed by atoms with Crippen LogP contribution in [0.4, 0.5) is 0 Å². The van der Waals surface area contributed by atoms with E-state index in [4.69, 9.17) is 4.74 Å². The van der Waals surface area contributed by atoms with Gasteiger partial charge in [0.25, 0.3) is 0 Å². The summed E-state index contributed by atoms with van der Waals surface area (Å²) in [6.45, 7) is 10.8. The van der Waals surface area contributed by atoms with Crippen molar-refractivity contribution in [3.63, 3.8) is 0 Å². The van der Waals surface area contributed by atoms with Crippen LogP contribution < -0.4 is 5.32 Å². The van der Waals surface area contributed by atoms with Crippen molar-refractivity contribution in [3.8, 4) is 0 Å². The van der Waals surface area contributed by atoms with E-state index in [1.165, 1.54) is 32.1 Å². The molecule has 0 amide bonds. The third-order valence-electron chi connectivity index (χ3n) is 4.78. The van der Waals surface area contributed by atoms with Crippen LogP contribution in [0, 0.1) is 5.92 Å². The van der Waals surface area contributed by atoms with E-state index < -0.39 is 0 Å². The molecule has 1 rings (SSSR count). The van der Waals surface area contributed by atoms with Crippen molar-refractivity contribution in [2.75, 3.05) is 27.2 Å². The minimum Gasteiger partial charge on any atom is -0.377 e. The lowest BCUT2D eigenvalue weighted by Crippen LogP contribution is -2.62. The van der Waals surface area contributed by atoms with E-state index in [0.717, 1.165) is 19.1 Å². The summed E-state index contributed by atoms with van der Waals surface area (Å²) in [7, 11) is 4.49. The summed E-state index contributed by atoms with van der Waals surface area (Å²) in [4.78, 5) is 2.46. The van der Waals surface area contributed by atoms with Gasteiger partial charge in [0, 0.05) is 11.6 Å². The largest absolute Gasteiger partial charge is 0.377 e. The summed E-state index contributed by atoms with van der Waals surface area (Å²) in [5.41, 5.74) is 0.252. The Hall–Kier alpha value is -0.120. The lowest BCUT2D eigenvalue weighted by atomic mass is 9.71. The zero-order valence-electron chi connectivity index (χ0n) is 14.5. The van der Waals surface area contributed by atoms with E-state index in [9.17, 15) is 0 Å². The van der Waals surface area contributed by atoms with E-state index in [0.29, 0.717) is 12.1 Å². The van der Waals surface area contributed by atoms with Crippen LogP contribution in [0.5, 0.6) is 0 Å². The Morgan fingerprint density at radius 3 is 2.55 bits per heavy atom.